The summed E-state index contributed by atoms with van der Waals surface area (Å²) in [5.41, 5.74) is 1.16. The first-order valence-corrected chi connectivity index (χ1v) is 11.3. The number of fused-ring (bicyclic) bond motifs is 1. The fraction of sp³-hybridized carbons (Fsp3) is 0.240. The van der Waals surface area contributed by atoms with E-state index in [0.29, 0.717) is 28.4 Å². The molecule has 1 aliphatic rings. The van der Waals surface area contributed by atoms with Crippen LogP contribution in [0.25, 0.3) is 22.3 Å². The van der Waals surface area contributed by atoms with Gasteiger partial charge < -0.3 is 15.5 Å². The zero-order valence-corrected chi connectivity index (χ0v) is 19.0. The first-order chi connectivity index (χ1) is 17.0. The summed E-state index contributed by atoms with van der Waals surface area (Å²) in [6.45, 7) is 1.76. The lowest BCUT2D eigenvalue weighted by molar-refractivity contribution is -0.121. The Balaban J connectivity index is 1.43. The standard InChI is InChI=1S/C25H23F2N7O/c1-34-9-6-15(7-10-34)25(35)33-23-13-22(29-14-30-23)31-20-12-21(18-11-16(26)4-5-19(18)27)32-24-17(20)3-2-8-28-24/h2-5,8,11-15H,6-7,9-10H2,1H3,(H2,28,29,30,31,32,33,35). The number of pyridine rings is 2. The normalized spacial score (nSPS) is 14.7. The van der Waals surface area contributed by atoms with Crippen molar-refractivity contribution in [3.63, 3.8) is 0 Å². The summed E-state index contributed by atoms with van der Waals surface area (Å²) in [7, 11) is 2.04. The molecule has 1 fully saturated rings. The van der Waals surface area contributed by atoms with Gasteiger partial charge in [0.2, 0.25) is 5.91 Å². The molecule has 178 valence electrons. The SMILES string of the molecule is CN1CCC(C(=O)Nc2cc(Nc3cc(-c4cc(F)ccc4F)nc4ncccc34)ncn2)CC1. The highest BCUT2D eigenvalue weighted by molar-refractivity contribution is 5.94. The van der Waals surface area contributed by atoms with Gasteiger partial charge in [0.05, 0.1) is 11.4 Å². The fourth-order valence-electron chi connectivity index (χ4n) is 4.12. The number of nitrogens with one attached hydrogen (secondary N) is 2. The summed E-state index contributed by atoms with van der Waals surface area (Å²) in [5.74, 6) is -0.498. The molecular formula is C25H23F2N7O. The van der Waals surface area contributed by atoms with Crippen molar-refractivity contribution in [2.45, 2.75) is 12.8 Å². The predicted molar refractivity (Wildman–Crippen MR) is 129 cm³/mol. The van der Waals surface area contributed by atoms with E-state index in [2.05, 4.69) is 35.5 Å². The number of anilines is 3. The van der Waals surface area contributed by atoms with Crippen molar-refractivity contribution in [2.75, 3.05) is 30.8 Å². The summed E-state index contributed by atoms with van der Waals surface area (Å²) in [4.78, 5) is 32.0. The molecule has 1 amide bonds. The third-order valence-electron chi connectivity index (χ3n) is 6.06. The average molecular weight is 476 g/mol. The zero-order valence-electron chi connectivity index (χ0n) is 19.0. The summed E-state index contributed by atoms with van der Waals surface area (Å²) in [6, 6.07) is 10.0. The van der Waals surface area contributed by atoms with Crippen molar-refractivity contribution in [3.05, 3.63) is 66.6 Å². The smallest absolute Gasteiger partial charge is 0.228 e. The average Bonchev–Trinajstić information content (AvgIpc) is 2.86. The van der Waals surface area contributed by atoms with Crippen LogP contribution in [0.5, 0.6) is 0 Å². The van der Waals surface area contributed by atoms with E-state index < -0.39 is 11.6 Å². The van der Waals surface area contributed by atoms with Gasteiger partial charge in [0, 0.05) is 29.1 Å². The fourth-order valence-corrected chi connectivity index (χ4v) is 4.12. The Morgan fingerprint density at radius 3 is 2.66 bits per heavy atom. The number of amides is 1. The van der Waals surface area contributed by atoms with E-state index >= 15 is 0 Å². The van der Waals surface area contributed by atoms with Gasteiger partial charge >= 0.3 is 0 Å². The molecule has 1 aliphatic heterocycles. The van der Waals surface area contributed by atoms with Crippen molar-refractivity contribution in [3.8, 4) is 11.3 Å². The third kappa shape index (κ3) is 5.07. The minimum Gasteiger partial charge on any atom is -0.339 e. The number of carbonyl (C=O) groups excluding carboxylic acids is 1. The molecule has 0 unspecified atom stereocenters. The molecule has 0 radical (unpaired) electrons. The van der Waals surface area contributed by atoms with Crippen LogP contribution in [0.2, 0.25) is 0 Å². The largest absolute Gasteiger partial charge is 0.339 e. The number of nitrogens with zero attached hydrogens (tertiary/aromatic N) is 5. The van der Waals surface area contributed by atoms with Crippen molar-refractivity contribution in [1.82, 2.24) is 24.8 Å². The number of hydrogen-bond acceptors (Lipinski definition) is 7. The molecule has 0 atom stereocenters. The number of rotatable bonds is 5. The summed E-state index contributed by atoms with van der Waals surface area (Å²) in [6.07, 6.45) is 4.52. The molecule has 1 aromatic carbocycles. The maximum absolute atomic E-state index is 14.5. The molecule has 2 N–H and O–H groups in total. The number of benzene rings is 1. The zero-order chi connectivity index (χ0) is 24.4. The van der Waals surface area contributed by atoms with Gasteiger partial charge in [-0.2, -0.15) is 0 Å². The van der Waals surface area contributed by atoms with Gasteiger partial charge in [0.1, 0.15) is 29.6 Å². The molecule has 3 aromatic heterocycles. The molecule has 4 aromatic rings. The summed E-state index contributed by atoms with van der Waals surface area (Å²) < 4.78 is 28.3. The minimum absolute atomic E-state index is 0.0226. The Morgan fingerprint density at radius 2 is 1.83 bits per heavy atom. The van der Waals surface area contributed by atoms with Crippen LogP contribution in [0, 0.1) is 17.6 Å². The topological polar surface area (TPSA) is 95.9 Å². The monoisotopic (exact) mass is 475 g/mol. The van der Waals surface area contributed by atoms with E-state index in [9.17, 15) is 13.6 Å². The molecule has 0 aliphatic carbocycles. The van der Waals surface area contributed by atoms with Crippen LogP contribution < -0.4 is 10.6 Å². The maximum atomic E-state index is 14.5. The molecule has 10 heteroatoms. The molecule has 0 bridgehead atoms. The predicted octanol–water partition coefficient (Wildman–Crippen LogP) is 4.39. The third-order valence-corrected chi connectivity index (χ3v) is 6.06. The van der Waals surface area contributed by atoms with Gasteiger partial charge in [0.15, 0.2) is 5.65 Å². The molecule has 5 rings (SSSR count). The van der Waals surface area contributed by atoms with Gasteiger partial charge in [-0.25, -0.2) is 28.7 Å². The molecule has 0 saturated carbocycles. The van der Waals surface area contributed by atoms with Gasteiger partial charge in [-0.3, -0.25) is 4.79 Å². The van der Waals surface area contributed by atoms with Crippen LogP contribution in [-0.2, 0) is 4.79 Å². The maximum Gasteiger partial charge on any atom is 0.228 e. The lowest BCUT2D eigenvalue weighted by atomic mass is 9.96. The van der Waals surface area contributed by atoms with Crippen LogP contribution in [0.4, 0.5) is 26.1 Å². The molecule has 1 saturated heterocycles. The lowest BCUT2D eigenvalue weighted by Crippen LogP contribution is -2.36. The van der Waals surface area contributed by atoms with E-state index in [0.717, 1.165) is 44.1 Å². The van der Waals surface area contributed by atoms with Gasteiger partial charge in [0.25, 0.3) is 0 Å². The number of piperidine rings is 1. The van der Waals surface area contributed by atoms with Crippen LogP contribution in [0.1, 0.15) is 12.8 Å². The van der Waals surface area contributed by atoms with E-state index in [1.54, 1.807) is 24.4 Å². The highest BCUT2D eigenvalue weighted by Crippen LogP contribution is 2.31. The first-order valence-electron chi connectivity index (χ1n) is 11.3. The van der Waals surface area contributed by atoms with E-state index in [1.807, 2.05) is 13.1 Å². The van der Waals surface area contributed by atoms with Crippen molar-refractivity contribution < 1.29 is 13.6 Å². The van der Waals surface area contributed by atoms with Crippen molar-refractivity contribution in [1.29, 1.82) is 0 Å². The first kappa shape index (κ1) is 22.7. The number of carbonyl (C=O) groups is 1. The Bertz CT molecular complexity index is 1390. The molecule has 4 heterocycles. The second-order valence-corrected chi connectivity index (χ2v) is 8.53. The van der Waals surface area contributed by atoms with Crippen molar-refractivity contribution >= 4 is 34.3 Å². The van der Waals surface area contributed by atoms with Crippen molar-refractivity contribution in [2.24, 2.45) is 5.92 Å². The molecule has 8 nitrogen and oxygen atoms in total. The highest BCUT2D eigenvalue weighted by atomic mass is 19.1. The summed E-state index contributed by atoms with van der Waals surface area (Å²) >= 11 is 0. The second kappa shape index (κ2) is 9.67. The lowest BCUT2D eigenvalue weighted by Gasteiger charge is -2.27. The van der Waals surface area contributed by atoms with Crippen LogP contribution in [0.3, 0.4) is 0 Å². The molecule has 35 heavy (non-hydrogen) atoms. The molecular weight excluding hydrogens is 452 g/mol. The van der Waals surface area contributed by atoms with Gasteiger partial charge in [-0.1, -0.05) is 0 Å². The Kier molecular flexibility index (Phi) is 6.28. The number of aromatic nitrogens is 4. The number of halogens is 2. The van der Waals surface area contributed by atoms with E-state index in [4.69, 9.17) is 0 Å². The quantitative estimate of drug-likeness (QED) is 0.442. The minimum atomic E-state index is -0.596. The van der Waals surface area contributed by atoms with Crippen LogP contribution in [-0.4, -0.2) is 50.9 Å². The van der Waals surface area contributed by atoms with E-state index in [-0.39, 0.29) is 23.1 Å². The number of hydrogen-bond donors (Lipinski definition) is 2. The summed E-state index contributed by atoms with van der Waals surface area (Å²) in [5, 5.41) is 6.73. The van der Waals surface area contributed by atoms with E-state index in [1.165, 1.54) is 6.33 Å². The van der Waals surface area contributed by atoms with Crippen LogP contribution in [0.15, 0.2) is 55.0 Å². The Labute approximate surface area is 200 Å². The Morgan fingerprint density at radius 1 is 1.03 bits per heavy atom. The second-order valence-electron chi connectivity index (χ2n) is 8.53. The van der Waals surface area contributed by atoms with Crippen LogP contribution >= 0.6 is 0 Å². The number of likely N-dealkylation sites (tertiary alicyclic amines) is 1. The highest BCUT2D eigenvalue weighted by Gasteiger charge is 2.23. The Hall–Kier alpha value is -4.05. The molecule has 0 spiro atoms. The van der Waals surface area contributed by atoms with Gasteiger partial charge in [-0.15, -0.1) is 0 Å². The van der Waals surface area contributed by atoms with Gasteiger partial charge in [-0.05, 0) is 69.4 Å².